The van der Waals surface area contributed by atoms with Gasteiger partial charge in [-0.1, -0.05) is 16.8 Å². The summed E-state index contributed by atoms with van der Waals surface area (Å²) in [5, 5.41) is 7.65. The Morgan fingerprint density at radius 3 is 2.93 bits per heavy atom. The third-order valence-corrected chi connectivity index (χ3v) is 4.81. The number of methoxy groups -OCH3 is 2. The highest BCUT2D eigenvalue weighted by molar-refractivity contribution is 6.32. The molecule has 1 aliphatic rings. The van der Waals surface area contributed by atoms with Crippen molar-refractivity contribution in [1.29, 1.82) is 0 Å². The first kappa shape index (κ1) is 19.4. The summed E-state index contributed by atoms with van der Waals surface area (Å²) in [7, 11) is 3.05. The maximum Gasteiger partial charge on any atom is 0.227 e. The highest BCUT2D eigenvalue weighted by Gasteiger charge is 2.23. The molecular weight excluding hydrogens is 372 g/mol. The third kappa shape index (κ3) is 4.33. The molecule has 0 saturated carbocycles. The zero-order valence-corrected chi connectivity index (χ0v) is 16.4. The molecule has 8 nitrogen and oxygen atoms in total. The van der Waals surface area contributed by atoms with Gasteiger partial charge in [0.25, 0.3) is 0 Å². The lowest BCUT2D eigenvalue weighted by atomic mass is 10.1. The minimum absolute atomic E-state index is 0.0953. The standard InChI is InChI=1S/C18H23ClN4O4/c1-11-10-20-6-7-23(11)16(24)5-4-15-21-18(22-27-15)12-8-13(19)17(26-3)14(9-12)25-2/h8-9,11,20H,4-7,10H2,1-3H3. The molecule has 1 aromatic heterocycles. The third-order valence-electron chi connectivity index (χ3n) is 4.53. The van der Waals surface area contributed by atoms with Crippen molar-refractivity contribution >= 4 is 17.5 Å². The van der Waals surface area contributed by atoms with E-state index in [0.29, 0.717) is 46.6 Å². The van der Waals surface area contributed by atoms with Gasteiger partial charge in [-0.15, -0.1) is 0 Å². The number of carbonyl (C=O) groups is 1. The zero-order chi connectivity index (χ0) is 19.4. The summed E-state index contributed by atoms with van der Waals surface area (Å²) in [5.41, 5.74) is 0.648. The van der Waals surface area contributed by atoms with Crippen molar-refractivity contribution in [2.75, 3.05) is 33.9 Å². The molecule has 1 N–H and O–H groups in total. The van der Waals surface area contributed by atoms with E-state index < -0.39 is 0 Å². The largest absolute Gasteiger partial charge is 0.493 e. The summed E-state index contributed by atoms with van der Waals surface area (Å²) >= 11 is 6.23. The molecule has 2 heterocycles. The topological polar surface area (TPSA) is 89.7 Å². The van der Waals surface area contributed by atoms with Gasteiger partial charge in [-0.3, -0.25) is 4.79 Å². The Morgan fingerprint density at radius 1 is 1.41 bits per heavy atom. The fraction of sp³-hybridized carbons (Fsp3) is 0.500. The van der Waals surface area contributed by atoms with Gasteiger partial charge in [0.05, 0.1) is 19.2 Å². The molecule has 2 aromatic rings. The van der Waals surface area contributed by atoms with Crippen LogP contribution in [-0.4, -0.2) is 60.8 Å². The van der Waals surface area contributed by atoms with Crippen molar-refractivity contribution in [2.45, 2.75) is 25.8 Å². The van der Waals surface area contributed by atoms with Crippen LogP contribution in [0.25, 0.3) is 11.4 Å². The van der Waals surface area contributed by atoms with Crippen LogP contribution in [0, 0.1) is 0 Å². The fourth-order valence-corrected chi connectivity index (χ4v) is 3.38. The van der Waals surface area contributed by atoms with Crippen LogP contribution in [0.4, 0.5) is 0 Å². The van der Waals surface area contributed by atoms with Crippen LogP contribution in [0.2, 0.25) is 5.02 Å². The number of benzene rings is 1. The van der Waals surface area contributed by atoms with Crippen LogP contribution in [-0.2, 0) is 11.2 Å². The summed E-state index contributed by atoms with van der Waals surface area (Å²) in [6, 6.07) is 3.61. The number of ether oxygens (including phenoxy) is 2. The molecule has 27 heavy (non-hydrogen) atoms. The van der Waals surface area contributed by atoms with Crippen molar-refractivity contribution in [3.63, 3.8) is 0 Å². The molecule has 9 heteroatoms. The first-order chi connectivity index (χ1) is 13.0. The summed E-state index contributed by atoms with van der Waals surface area (Å²) in [5.74, 6) is 1.82. The van der Waals surface area contributed by atoms with E-state index in [4.69, 9.17) is 25.6 Å². The van der Waals surface area contributed by atoms with Gasteiger partial charge in [0.2, 0.25) is 17.6 Å². The van der Waals surface area contributed by atoms with Gasteiger partial charge in [-0.2, -0.15) is 4.98 Å². The van der Waals surface area contributed by atoms with Gasteiger partial charge < -0.3 is 24.2 Å². The number of piperazine rings is 1. The van der Waals surface area contributed by atoms with Crippen molar-refractivity contribution < 1.29 is 18.8 Å². The highest BCUT2D eigenvalue weighted by Crippen LogP contribution is 2.38. The number of aryl methyl sites for hydroxylation is 1. The molecule has 1 aliphatic heterocycles. The molecule has 0 spiro atoms. The summed E-state index contributed by atoms with van der Waals surface area (Å²) in [6.07, 6.45) is 0.724. The number of carbonyl (C=O) groups excluding carboxylic acids is 1. The molecule has 1 aromatic carbocycles. The van der Waals surface area contributed by atoms with Crippen molar-refractivity contribution in [1.82, 2.24) is 20.4 Å². The van der Waals surface area contributed by atoms with Crippen LogP contribution >= 0.6 is 11.6 Å². The molecule has 3 rings (SSSR count). The minimum atomic E-state index is 0.0953. The molecule has 0 bridgehead atoms. The fourth-order valence-electron chi connectivity index (χ4n) is 3.09. The van der Waals surface area contributed by atoms with Gasteiger partial charge in [0.1, 0.15) is 0 Å². The average molecular weight is 395 g/mol. The predicted molar refractivity (Wildman–Crippen MR) is 100 cm³/mol. The maximum atomic E-state index is 12.4. The molecule has 1 fully saturated rings. The number of hydrogen-bond donors (Lipinski definition) is 1. The zero-order valence-electron chi connectivity index (χ0n) is 15.6. The highest BCUT2D eigenvalue weighted by atomic mass is 35.5. The average Bonchev–Trinajstić information content (AvgIpc) is 3.15. The number of halogens is 1. The normalized spacial score (nSPS) is 17.0. The van der Waals surface area contributed by atoms with Crippen LogP contribution < -0.4 is 14.8 Å². The van der Waals surface area contributed by atoms with E-state index in [9.17, 15) is 4.79 Å². The van der Waals surface area contributed by atoms with Crippen LogP contribution in [0.1, 0.15) is 19.2 Å². The number of aromatic nitrogens is 2. The minimum Gasteiger partial charge on any atom is -0.493 e. The Labute approximate surface area is 162 Å². The summed E-state index contributed by atoms with van der Waals surface area (Å²) in [4.78, 5) is 18.7. The quantitative estimate of drug-likeness (QED) is 0.802. The Kier molecular flexibility index (Phi) is 6.18. The molecule has 1 unspecified atom stereocenters. The van der Waals surface area contributed by atoms with E-state index in [1.807, 2.05) is 11.8 Å². The molecule has 1 amide bonds. The second kappa shape index (κ2) is 8.58. The monoisotopic (exact) mass is 394 g/mol. The first-order valence-corrected chi connectivity index (χ1v) is 9.16. The van der Waals surface area contributed by atoms with Crippen molar-refractivity contribution in [2.24, 2.45) is 0 Å². The Balaban J connectivity index is 1.68. The van der Waals surface area contributed by atoms with Gasteiger partial charge in [0, 0.05) is 44.1 Å². The van der Waals surface area contributed by atoms with Crippen LogP contribution in [0.3, 0.4) is 0 Å². The van der Waals surface area contributed by atoms with E-state index in [0.717, 1.165) is 19.6 Å². The first-order valence-electron chi connectivity index (χ1n) is 8.78. The molecule has 1 saturated heterocycles. The smallest absolute Gasteiger partial charge is 0.227 e. The van der Waals surface area contributed by atoms with Gasteiger partial charge in [-0.25, -0.2) is 0 Å². The van der Waals surface area contributed by atoms with E-state index in [1.165, 1.54) is 14.2 Å². The van der Waals surface area contributed by atoms with Gasteiger partial charge in [0.15, 0.2) is 11.5 Å². The Bertz CT molecular complexity index is 811. The number of rotatable bonds is 6. The van der Waals surface area contributed by atoms with E-state index >= 15 is 0 Å². The number of nitrogens with zero attached hydrogens (tertiary/aromatic N) is 3. The van der Waals surface area contributed by atoms with E-state index in [-0.39, 0.29) is 11.9 Å². The van der Waals surface area contributed by atoms with Crippen molar-refractivity contribution in [3.05, 3.63) is 23.0 Å². The number of nitrogens with one attached hydrogen (secondary N) is 1. The van der Waals surface area contributed by atoms with Crippen molar-refractivity contribution in [3.8, 4) is 22.9 Å². The summed E-state index contributed by atoms with van der Waals surface area (Å²) < 4.78 is 15.8. The lowest BCUT2D eigenvalue weighted by Crippen LogP contribution is -2.52. The molecule has 1 atom stereocenters. The second-order valence-corrected chi connectivity index (χ2v) is 6.75. The number of amides is 1. The van der Waals surface area contributed by atoms with Gasteiger partial charge >= 0.3 is 0 Å². The van der Waals surface area contributed by atoms with Crippen LogP contribution in [0.5, 0.6) is 11.5 Å². The predicted octanol–water partition coefficient (Wildman–Crippen LogP) is 2.16. The molecule has 0 radical (unpaired) electrons. The molecule has 146 valence electrons. The second-order valence-electron chi connectivity index (χ2n) is 6.35. The summed E-state index contributed by atoms with van der Waals surface area (Å²) in [6.45, 7) is 4.40. The Morgan fingerprint density at radius 2 is 2.22 bits per heavy atom. The van der Waals surface area contributed by atoms with Gasteiger partial charge in [-0.05, 0) is 19.1 Å². The maximum absolute atomic E-state index is 12.4. The Hall–Kier alpha value is -2.32. The lowest BCUT2D eigenvalue weighted by molar-refractivity contribution is -0.134. The molecular formula is C18H23ClN4O4. The van der Waals surface area contributed by atoms with E-state index in [2.05, 4.69) is 15.5 Å². The van der Waals surface area contributed by atoms with Crippen LogP contribution in [0.15, 0.2) is 16.7 Å². The SMILES string of the molecule is COc1cc(-c2noc(CCC(=O)N3CCNCC3C)n2)cc(Cl)c1OC. The molecule has 0 aliphatic carbocycles. The lowest BCUT2D eigenvalue weighted by Gasteiger charge is -2.34. The van der Waals surface area contributed by atoms with E-state index in [1.54, 1.807) is 12.1 Å². The number of hydrogen-bond acceptors (Lipinski definition) is 7.